The van der Waals surface area contributed by atoms with Crippen LogP contribution in [-0.2, 0) is 14.4 Å². The summed E-state index contributed by atoms with van der Waals surface area (Å²) >= 11 is 6.29. The van der Waals surface area contributed by atoms with Gasteiger partial charge < -0.3 is 26.2 Å². The van der Waals surface area contributed by atoms with Crippen molar-refractivity contribution in [3.8, 4) is 5.75 Å². The molecule has 0 aromatic heterocycles. The van der Waals surface area contributed by atoms with Crippen LogP contribution in [0, 0.1) is 0 Å². The van der Waals surface area contributed by atoms with Gasteiger partial charge in [0.2, 0.25) is 5.78 Å². The van der Waals surface area contributed by atoms with Gasteiger partial charge >= 0.3 is 0 Å². The monoisotopic (exact) mass is 474 g/mol. The largest absolute Gasteiger partial charge is 0.508 e. The summed E-state index contributed by atoms with van der Waals surface area (Å²) in [5.41, 5.74) is -0.101. The van der Waals surface area contributed by atoms with Gasteiger partial charge in [-0.2, -0.15) is 0 Å². The molecule has 3 aliphatic rings. The number of fused-ring (bicyclic) bond motifs is 3. The lowest BCUT2D eigenvalue weighted by Gasteiger charge is -2.50. The number of ketones is 2. The first-order valence-electron chi connectivity index (χ1n) is 9.47. The Morgan fingerprint density at radius 2 is 1.84 bits per heavy atom. The van der Waals surface area contributed by atoms with Crippen LogP contribution >= 0.6 is 11.6 Å². The van der Waals surface area contributed by atoms with E-state index in [4.69, 9.17) is 17.3 Å². The third-order valence-corrected chi connectivity index (χ3v) is 8.58. The molecule has 1 aromatic rings. The maximum atomic E-state index is 13.6. The molecule has 9 nitrogen and oxygen atoms in total. The Labute approximate surface area is 189 Å². The number of amides is 1. The number of aliphatic hydroxyl groups excluding tert-OH is 2. The van der Waals surface area contributed by atoms with E-state index in [-0.39, 0.29) is 27.5 Å². The first-order chi connectivity index (χ1) is 14.8. The summed E-state index contributed by atoms with van der Waals surface area (Å²) < 4.78 is 0. The highest BCUT2D eigenvalue weighted by molar-refractivity contribution is 6.53. The molecular formula is C21H19ClN2O7Si. The fraction of sp³-hybridized carbons (Fsp3) is 0.286. The first-order valence-corrected chi connectivity index (χ1v) is 11.0. The smallest absolute Gasteiger partial charge is 0.255 e. The number of hydrogen-bond acceptors (Lipinski definition) is 8. The van der Waals surface area contributed by atoms with Crippen LogP contribution in [0.25, 0.3) is 11.3 Å². The maximum absolute atomic E-state index is 13.6. The number of aliphatic hydroxyl groups is 3. The Morgan fingerprint density at radius 1 is 1.22 bits per heavy atom. The van der Waals surface area contributed by atoms with Gasteiger partial charge in [0.1, 0.15) is 22.8 Å². The summed E-state index contributed by atoms with van der Waals surface area (Å²) in [4.78, 5) is 40.0. The second kappa shape index (κ2) is 7.04. The predicted octanol–water partition coefficient (Wildman–Crippen LogP) is 0.747. The van der Waals surface area contributed by atoms with Crippen LogP contribution in [-0.4, -0.2) is 78.1 Å². The molecule has 4 rings (SSSR count). The van der Waals surface area contributed by atoms with Gasteiger partial charge in [-0.15, -0.1) is 0 Å². The number of carbonyl (C=O) groups is 3. The van der Waals surface area contributed by atoms with Crippen LogP contribution in [0.4, 0.5) is 0 Å². The number of nitrogens with zero attached hydrogens (tertiary/aromatic N) is 1. The number of rotatable bonds is 2. The van der Waals surface area contributed by atoms with Crippen LogP contribution in [0.3, 0.4) is 0 Å². The number of nitrogens with two attached hydrogens (primary N) is 1. The summed E-state index contributed by atoms with van der Waals surface area (Å²) in [6.45, 7) is 4.01. The minimum absolute atomic E-state index is 0.122. The number of hydrogen-bond donors (Lipinski definition) is 5. The van der Waals surface area contributed by atoms with Crippen molar-refractivity contribution in [1.82, 2.24) is 4.90 Å². The molecule has 1 aliphatic heterocycles. The van der Waals surface area contributed by atoms with Gasteiger partial charge in [-0.3, -0.25) is 19.3 Å². The number of carbonyl (C=O) groups excluding carboxylic acids is 3. The summed E-state index contributed by atoms with van der Waals surface area (Å²) in [5.74, 6) is -5.32. The molecule has 0 saturated carbocycles. The standard InChI is InChI=1S/C21H19ClN2O7Si/c1-6-9-7(22)4-5-8(25)10(9)14(26)11-16(6)32-19-13(24(2)3)15(27)12(20(23)30)18(29)21(19,31)17(11)28/h4-5,13,16,19,25-26,29,31H,1H2,2-3H3,(H2,23,30)/t13-,16-,19+,21+/m1/s1. The summed E-state index contributed by atoms with van der Waals surface area (Å²) in [7, 11) is 2.64. The molecule has 1 heterocycles. The Bertz CT molecular complexity index is 1200. The van der Waals surface area contributed by atoms with E-state index in [9.17, 15) is 34.8 Å². The maximum Gasteiger partial charge on any atom is 0.255 e. The highest BCUT2D eigenvalue weighted by Crippen LogP contribution is 2.57. The van der Waals surface area contributed by atoms with Crippen molar-refractivity contribution in [2.75, 3.05) is 14.1 Å². The number of primary amides is 1. The third-order valence-electron chi connectivity index (χ3n) is 6.20. The number of likely N-dealkylation sites (N-methyl/N-ethyl adjacent to an activating group) is 1. The minimum atomic E-state index is -2.68. The molecule has 2 aliphatic carbocycles. The van der Waals surface area contributed by atoms with Crippen LogP contribution in [0.1, 0.15) is 11.1 Å². The normalized spacial score (nSPS) is 29.8. The summed E-state index contributed by atoms with van der Waals surface area (Å²) in [6, 6.07) is 1.50. The Kier molecular flexibility index (Phi) is 4.90. The molecule has 2 radical (unpaired) electrons. The number of aromatic hydroxyl groups is 1. The van der Waals surface area contributed by atoms with Gasteiger partial charge in [-0.25, -0.2) is 0 Å². The fourth-order valence-electron chi connectivity index (χ4n) is 4.73. The summed E-state index contributed by atoms with van der Waals surface area (Å²) in [6.07, 6.45) is 0. The van der Waals surface area contributed by atoms with E-state index in [2.05, 4.69) is 6.58 Å². The van der Waals surface area contributed by atoms with E-state index in [1.54, 1.807) is 0 Å². The van der Waals surface area contributed by atoms with Crippen LogP contribution < -0.4 is 5.73 Å². The molecule has 1 aromatic carbocycles. The zero-order valence-electron chi connectivity index (χ0n) is 17.0. The minimum Gasteiger partial charge on any atom is -0.508 e. The molecular weight excluding hydrogens is 456 g/mol. The van der Waals surface area contributed by atoms with E-state index in [0.717, 1.165) is 0 Å². The van der Waals surface area contributed by atoms with Crippen LogP contribution in [0.5, 0.6) is 5.75 Å². The van der Waals surface area contributed by atoms with Crippen molar-refractivity contribution < 1.29 is 34.8 Å². The second-order valence-electron chi connectivity index (χ2n) is 8.14. The van der Waals surface area contributed by atoms with E-state index < -0.39 is 66.8 Å². The van der Waals surface area contributed by atoms with Gasteiger partial charge in [-0.05, 0) is 31.8 Å². The predicted molar refractivity (Wildman–Crippen MR) is 116 cm³/mol. The number of phenolic OH excluding ortho intramolecular Hbond substituents is 1. The van der Waals surface area contributed by atoms with Crippen molar-refractivity contribution in [1.29, 1.82) is 0 Å². The molecule has 11 heteroatoms. The van der Waals surface area contributed by atoms with Crippen molar-refractivity contribution >= 4 is 49.9 Å². The zero-order chi connectivity index (χ0) is 23.9. The Morgan fingerprint density at radius 3 is 2.41 bits per heavy atom. The average Bonchev–Trinajstić information content (AvgIpc) is 2.69. The van der Waals surface area contributed by atoms with Gasteiger partial charge in [0.25, 0.3) is 5.91 Å². The van der Waals surface area contributed by atoms with Crippen LogP contribution in [0.15, 0.2) is 35.6 Å². The summed E-state index contributed by atoms with van der Waals surface area (Å²) in [5, 5.41) is 43.7. The van der Waals surface area contributed by atoms with E-state index in [0.29, 0.717) is 5.57 Å². The van der Waals surface area contributed by atoms with Crippen molar-refractivity contribution in [2.24, 2.45) is 5.73 Å². The van der Waals surface area contributed by atoms with E-state index in [1.807, 2.05) is 0 Å². The van der Waals surface area contributed by atoms with E-state index >= 15 is 0 Å². The lowest BCUT2D eigenvalue weighted by atomic mass is 9.71. The molecule has 0 unspecified atom stereocenters. The molecule has 1 amide bonds. The van der Waals surface area contributed by atoms with E-state index in [1.165, 1.54) is 31.1 Å². The van der Waals surface area contributed by atoms with Gasteiger partial charge in [0.05, 0.1) is 21.1 Å². The average molecular weight is 475 g/mol. The molecule has 4 atom stereocenters. The number of phenols is 1. The van der Waals surface area contributed by atoms with Crippen LogP contribution in [0.2, 0.25) is 16.1 Å². The van der Waals surface area contributed by atoms with Gasteiger partial charge in [0.15, 0.2) is 11.4 Å². The quantitative estimate of drug-likeness (QED) is 0.310. The highest BCUT2D eigenvalue weighted by atomic mass is 35.5. The number of halogens is 1. The topological polar surface area (TPSA) is 161 Å². The molecule has 0 bridgehead atoms. The Balaban J connectivity index is 2.04. The number of benzene rings is 1. The SMILES string of the molecule is C=C1c2c(Cl)ccc(O)c2C(O)=C2C(=O)[C@]3(O)C(O)=C(C(N)=O)C(=O)[C@@H](N(C)C)[C@@H]3[Si][C@H]12. The van der Waals surface area contributed by atoms with Gasteiger partial charge in [0, 0.05) is 27.2 Å². The third kappa shape index (κ3) is 2.60. The Hall–Kier alpha value is -2.92. The van der Waals surface area contributed by atoms with Crippen molar-refractivity contribution in [3.63, 3.8) is 0 Å². The second-order valence-corrected chi connectivity index (χ2v) is 10.1. The molecule has 6 N–H and O–H groups in total. The molecule has 0 spiro atoms. The molecule has 1 fully saturated rings. The molecule has 32 heavy (non-hydrogen) atoms. The highest BCUT2D eigenvalue weighted by Gasteiger charge is 2.64. The number of Topliss-reactive ketones (excluding diaryl/α,β-unsaturated/α-hetero) is 2. The lowest BCUT2D eigenvalue weighted by Crippen LogP contribution is -2.64. The van der Waals surface area contributed by atoms with Crippen molar-refractivity contribution in [2.45, 2.75) is 22.7 Å². The van der Waals surface area contributed by atoms with Crippen molar-refractivity contribution in [3.05, 3.63) is 51.8 Å². The first kappa shape index (κ1) is 22.3. The fourth-order valence-corrected chi connectivity index (χ4v) is 7.29. The molecule has 166 valence electrons. The molecule has 1 saturated heterocycles. The van der Waals surface area contributed by atoms with Gasteiger partial charge in [-0.1, -0.05) is 18.2 Å². The zero-order valence-corrected chi connectivity index (χ0v) is 18.8. The number of allylic oxidation sites excluding steroid dienone is 1. The lowest BCUT2D eigenvalue weighted by molar-refractivity contribution is -0.140.